The lowest BCUT2D eigenvalue weighted by molar-refractivity contribution is 0.0931. The van der Waals surface area contributed by atoms with Gasteiger partial charge in [0.1, 0.15) is 11.3 Å². The highest BCUT2D eigenvalue weighted by Crippen LogP contribution is 2.37. The molecule has 1 saturated heterocycles. The molecule has 27 heavy (non-hydrogen) atoms. The summed E-state index contributed by atoms with van der Waals surface area (Å²) in [5.41, 5.74) is 2.81. The number of methoxy groups -OCH3 is 1. The van der Waals surface area contributed by atoms with Gasteiger partial charge >= 0.3 is 0 Å². The highest BCUT2D eigenvalue weighted by Gasteiger charge is 2.24. The average molecular weight is 382 g/mol. The second kappa shape index (κ2) is 7.52. The Morgan fingerprint density at radius 2 is 1.96 bits per heavy atom. The van der Waals surface area contributed by atoms with Gasteiger partial charge in [-0.15, -0.1) is 0 Å². The van der Waals surface area contributed by atoms with Crippen LogP contribution in [0.4, 0.5) is 5.13 Å². The third-order valence-electron chi connectivity index (χ3n) is 4.96. The zero-order chi connectivity index (χ0) is 18.8. The van der Waals surface area contributed by atoms with Gasteiger partial charge in [0.2, 0.25) is 0 Å². The van der Waals surface area contributed by atoms with E-state index in [4.69, 9.17) is 9.72 Å². The molecule has 3 heterocycles. The highest BCUT2D eigenvalue weighted by atomic mass is 32.1. The van der Waals surface area contributed by atoms with Crippen molar-refractivity contribution in [2.24, 2.45) is 0 Å². The first-order chi connectivity index (χ1) is 13.2. The average Bonchev–Trinajstić information content (AvgIpc) is 3.16. The topological polar surface area (TPSA) is 67.3 Å². The predicted molar refractivity (Wildman–Crippen MR) is 108 cm³/mol. The molecule has 1 aliphatic heterocycles. The van der Waals surface area contributed by atoms with Crippen LogP contribution < -0.4 is 15.0 Å². The molecule has 1 N–H and O–H groups in total. The number of rotatable bonds is 4. The predicted octanol–water partition coefficient (Wildman–Crippen LogP) is 3.41. The second-order valence-electron chi connectivity index (χ2n) is 6.73. The van der Waals surface area contributed by atoms with Gasteiger partial charge in [0, 0.05) is 37.1 Å². The molecule has 0 bridgehead atoms. The molecule has 0 aliphatic carbocycles. The number of ether oxygens (including phenoxy) is 1. The van der Waals surface area contributed by atoms with Gasteiger partial charge in [-0.05, 0) is 43.5 Å². The molecule has 0 radical (unpaired) electrons. The van der Waals surface area contributed by atoms with Crippen molar-refractivity contribution < 1.29 is 9.53 Å². The summed E-state index contributed by atoms with van der Waals surface area (Å²) in [5.74, 6) is 0.786. The number of carbonyl (C=O) groups excluding carboxylic acids is 1. The molecule has 1 amide bonds. The number of hydrogen-bond donors (Lipinski definition) is 1. The Hall–Kier alpha value is -2.67. The van der Waals surface area contributed by atoms with Crippen LogP contribution in [-0.2, 0) is 0 Å². The Morgan fingerprint density at radius 3 is 2.67 bits per heavy atom. The molecular weight excluding hydrogens is 360 g/mol. The fraction of sp³-hybridized carbons (Fsp3) is 0.350. The molecule has 0 unspecified atom stereocenters. The summed E-state index contributed by atoms with van der Waals surface area (Å²) in [4.78, 5) is 23.4. The molecule has 0 saturated carbocycles. The van der Waals surface area contributed by atoms with E-state index in [-0.39, 0.29) is 11.9 Å². The summed E-state index contributed by atoms with van der Waals surface area (Å²) in [5, 5.41) is 4.16. The Balaban J connectivity index is 1.43. The minimum absolute atomic E-state index is 0.0313. The van der Waals surface area contributed by atoms with Gasteiger partial charge < -0.3 is 15.0 Å². The molecule has 1 aliphatic rings. The van der Waals surface area contributed by atoms with Crippen LogP contribution in [-0.4, -0.2) is 42.1 Å². The lowest BCUT2D eigenvalue weighted by Gasteiger charge is -2.32. The Kier molecular flexibility index (Phi) is 4.94. The minimum atomic E-state index is -0.0313. The van der Waals surface area contributed by atoms with Crippen molar-refractivity contribution in [3.05, 3.63) is 47.8 Å². The molecule has 7 heteroatoms. The van der Waals surface area contributed by atoms with Gasteiger partial charge in [-0.25, -0.2) is 4.98 Å². The maximum Gasteiger partial charge on any atom is 0.251 e. The Labute approximate surface area is 162 Å². The first-order valence-electron chi connectivity index (χ1n) is 9.05. The fourth-order valence-electron chi connectivity index (χ4n) is 3.39. The zero-order valence-corrected chi connectivity index (χ0v) is 16.3. The number of fused-ring (bicyclic) bond motifs is 1. The van der Waals surface area contributed by atoms with Crippen LogP contribution >= 0.6 is 11.3 Å². The van der Waals surface area contributed by atoms with E-state index in [1.165, 1.54) is 10.3 Å². The quantitative estimate of drug-likeness (QED) is 0.749. The lowest BCUT2D eigenvalue weighted by atomic mass is 10.0. The lowest BCUT2D eigenvalue weighted by Crippen LogP contribution is -2.44. The van der Waals surface area contributed by atoms with E-state index < -0.39 is 0 Å². The number of nitrogens with one attached hydrogen (secondary N) is 1. The van der Waals surface area contributed by atoms with Crippen molar-refractivity contribution >= 4 is 32.6 Å². The van der Waals surface area contributed by atoms with E-state index >= 15 is 0 Å². The number of piperidine rings is 1. The van der Waals surface area contributed by atoms with Crippen LogP contribution in [0.25, 0.3) is 10.2 Å². The van der Waals surface area contributed by atoms with E-state index in [1.807, 2.05) is 6.07 Å². The van der Waals surface area contributed by atoms with Gasteiger partial charge in [0.15, 0.2) is 5.13 Å². The van der Waals surface area contributed by atoms with Gasteiger partial charge in [0.25, 0.3) is 5.91 Å². The van der Waals surface area contributed by atoms with Crippen molar-refractivity contribution in [3.63, 3.8) is 0 Å². The molecule has 0 spiro atoms. The Morgan fingerprint density at radius 1 is 1.22 bits per heavy atom. The van der Waals surface area contributed by atoms with Crippen LogP contribution in [0.15, 0.2) is 36.7 Å². The van der Waals surface area contributed by atoms with Crippen molar-refractivity contribution in [1.82, 2.24) is 15.3 Å². The van der Waals surface area contributed by atoms with E-state index in [2.05, 4.69) is 28.2 Å². The molecule has 3 aromatic rings. The zero-order valence-electron chi connectivity index (χ0n) is 15.4. The molecule has 4 rings (SSSR count). The normalized spacial score (nSPS) is 15.1. The standard InChI is InChI=1S/C20H22N4O2S/c1-13-3-4-16(26-2)17-18(13)27-20(23-17)24-11-7-15(8-12-24)22-19(25)14-5-9-21-10-6-14/h3-6,9-10,15H,7-8,11-12H2,1-2H3,(H,22,25). The third-order valence-corrected chi connectivity index (χ3v) is 6.21. The number of thiazole rings is 1. The van der Waals surface area contributed by atoms with Crippen molar-refractivity contribution in [3.8, 4) is 5.75 Å². The summed E-state index contributed by atoms with van der Waals surface area (Å²) in [6.45, 7) is 3.86. The van der Waals surface area contributed by atoms with Crippen molar-refractivity contribution in [2.45, 2.75) is 25.8 Å². The largest absolute Gasteiger partial charge is 0.494 e. The van der Waals surface area contributed by atoms with Crippen LogP contribution in [0.5, 0.6) is 5.75 Å². The van der Waals surface area contributed by atoms with Crippen LogP contribution in [0.2, 0.25) is 0 Å². The SMILES string of the molecule is COc1ccc(C)c2sc(N3CCC(NC(=O)c4ccncc4)CC3)nc12. The number of benzene rings is 1. The fourth-order valence-corrected chi connectivity index (χ4v) is 4.49. The summed E-state index contributed by atoms with van der Waals surface area (Å²) < 4.78 is 6.64. The van der Waals surface area contributed by atoms with E-state index in [9.17, 15) is 4.79 Å². The third kappa shape index (κ3) is 3.60. The number of carbonyl (C=O) groups is 1. The van der Waals surface area contributed by atoms with Crippen molar-refractivity contribution in [2.75, 3.05) is 25.1 Å². The number of aromatic nitrogens is 2. The number of pyridine rings is 1. The summed E-state index contributed by atoms with van der Waals surface area (Å²) in [6, 6.07) is 7.71. The molecule has 1 fully saturated rings. The molecule has 0 atom stereocenters. The maximum absolute atomic E-state index is 12.3. The van der Waals surface area contributed by atoms with Crippen LogP contribution in [0.1, 0.15) is 28.8 Å². The van der Waals surface area contributed by atoms with Gasteiger partial charge in [0.05, 0.1) is 11.8 Å². The molecule has 6 nitrogen and oxygen atoms in total. The number of anilines is 1. The van der Waals surface area contributed by atoms with Gasteiger partial charge in [-0.3, -0.25) is 9.78 Å². The minimum Gasteiger partial charge on any atom is -0.494 e. The Bertz CT molecular complexity index is 949. The van der Waals surface area contributed by atoms with Crippen LogP contribution in [0.3, 0.4) is 0 Å². The van der Waals surface area contributed by atoms with E-state index in [0.29, 0.717) is 5.56 Å². The monoisotopic (exact) mass is 382 g/mol. The van der Waals surface area contributed by atoms with Gasteiger partial charge in [-0.2, -0.15) is 0 Å². The highest BCUT2D eigenvalue weighted by molar-refractivity contribution is 7.22. The molecule has 2 aromatic heterocycles. The number of nitrogens with zero attached hydrogens (tertiary/aromatic N) is 3. The smallest absolute Gasteiger partial charge is 0.251 e. The number of hydrogen-bond acceptors (Lipinski definition) is 6. The van der Waals surface area contributed by atoms with E-state index in [1.54, 1.807) is 43.0 Å². The molecule has 140 valence electrons. The van der Waals surface area contributed by atoms with Gasteiger partial charge in [-0.1, -0.05) is 17.4 Å². The summed E-state index contributed by atoms with van der Waals surface area (Å²) >= 11 is 1.71. The first kappa shape index (κ1) is 17.7. The molecular formula is C20H22N4O2S. The summed E-state index contributed by atoms with van der Waals surface area (Å²) in [6.07, 6.45) is 5.09. The second-order valence-corrected chi connectivity index (χ2v) is 7.71. The van der Waals surface area contributed by atoms with Crippen molar-refractivity contribution in [1.29, 1.82) is 0 Å². The first-order valence-corrected chi connectivity index (χ1v) is 9.87. The number of aryl methyl sites for hydroxylation is 1. The summed E-state index contributed by atoms with van der Waals surface area (Å²) in [7, 11) is 1.68. The van der Waals surface area contributed by atoms with E-state index in [0.717, 1.165) is 42.3 Å². The number of amides is 1. The maximum atomic E-state index is 12.3. The van der Waals surface area contributed by atoms with Crippen LogP contribution in [0, 0.1) is 6.92 Å². The molecule has 1 aromatic carbocycles.